The molecule has 0 radical (unpaired) electrons. The van der Waals surface area contributed by atoms with Gasteiger partial charge in [0, 0.05) is 29.8 Å². The molecule has 1 atom stereocenters. The third-order valence-electron chi connectivity index (χ3n) is 5.59. The lowest BCUT2D eigenvalue weighted by atomic mass is 9.97. The molecular formula is C25H15FN2+2. The van der Waals surface area contributed by atoms with Crippen molar-refractivity contribution in [2.75, 3.05) is 0 Å². The van der Waals surface area contributed by atoms with E-state index in [1.165, 1.54) is 17.7 Å². The summed E-state index contributed by atoms with van der Waals surface area (Å²) in [5, 5.41) is 0. The Labute approximate surface area is 162 Å². The molecule has 4 heterocycles. The smallest absolute Gasteiger partial charge is 0.207 e. The van der Waals surface area contributed by atoms with E-state index in [1.807, 2.05) is 6.07 Å². The summed E-state index contributed by atoms with van der Waals surface area (Å²) in [6.45, 7) is 0. The van der Waals surface area contributed by atoms with E-state index in [9.17, 15) is 4.39 Å². The molecule has 4 aromatic rings. The molecule has 0 saturated heterocycles. The number of pyridine rings is 2. The molecule has 0 bridgehead atoms. The standard InChI is InChI=1S/C25H15FN2/c26-19-13-11-18(12-14-19)15-16-25-21-7-2-1-6-20(21)22-9-5-10-24(28(22)25)23-8-3-4-17-27(23)25/h1-14,17H/q+2. The first-order valence-corrected chi connectivity index (χ1v) is 9.25. The minimum absolute atomic E-state index is 0.252. The van der Waals surface area contributed by atoms with Gasteiger partial charge in [0.2, 0.25) is 5.69 Å². The van der Waals surface area contributed by atoms with Crippen LogP contribution in [0.5, 0.6) is 0 Å². The van der Waals surface area contributed by atoms with Crippen LogP contribution in [0.4, 0.5) is 4.39 Å². The second-order valence-electron chi connectivity index (χ2n) is 7.06. The lowest BCUT2D eigenvalue weighted by molar-refractivity contribution is -0.924. The Morgan fingerprint density at radius 2 is 1.46 bits per heavy atom. The topological polar surface area (TPSA) is 7.76 Å². The van der Waals surface area contributed by atoms with Crippen LogP contribution < -0.4 is 9.13 Å². The van der Waals surface area contributed by atoms with Crippen LogP contribution in [-0.4, -0.2) is 0 Å². The molecular weight excluding hydrogens is 347 g/mol. The first-order valence-electron chi connectivity index (χ1n) is 9.25. The average Bonchev–Trinajstić information content (AvgIpc) is 3.21. The highest BCUT2D eigenvalue weighted by atomic mass is 19.1. The number of nitrogens with zero attached hydrogens (tertiary/aromatic N) is 2. The van der Waals surface area contributed by atoms with Crippen molar-refractivity contribution in [1.29, 1.82) is 0 Å². The molecule has 2 nitrogen and oxygen atoms in total. The normalized spacial score (nSPS) is 17.3. The van der Waals surface area contributed by atoms with Gasteiger partial charge in [-0.05, 0) is 48.5 Å². The lowest BCUT2D eigenvalue weighted by Gasteiger charge is -2.09. The molecule has 1 unspecified atom stereocenters. The quantitative estimate of drug-likeness (QED) is 0.333. The third-order valence-corrected chi connectivity index (χ3v) is 5.59. The summed E-state index contributed by atoms with van der Waals surface area (Å²) >= 11 is 0. The summed E-state index contributed by atoms with van der Waals surface area (Å²) in [4.78, 5) is 0. The molecule has 0 N–H and O–H groups in total. The Hall–Kier alpha value is -3.77. The zero-order valence-corrected chi connectivity index (χ0v) is 14.9. The fourth-order valence-electron chi connectivity index (χ4n) is 4.45. The Kier molecular flexibility index (Phi) is 2.94. The molecule has 0 fully saturated rings. The first-order chi connectivity index (χ1) is 13.8. The summed E-state index contributed by atoms with van der Waals surface area (Å²) < 4.78 is 17.9. The largest absolute Gasteiger partial charge is 0.455 e. The van der Waals surface area contributed by atoms with E-state index < -0.39 is 5.66 Å². The van der Waals surface area contributed by atoms with Crippen LogP contribution in [0.25, 0.3) is 22.6 Å². The van der Waals surface area contributed by atoms with E-state index in [-0.39, 0.29) is 5.82 Å². The molecule has 2 aromatic carbocycles. The van der Waals surface area contributed by atoms with E-state index in [1.54, 1.807) is 12.1 Å². The number of hydrogen-bond acceptors (Lipinski definition) is 0. The van der Waals surface area contributed by atoms with Crippen molar-refractivity contribution in [3.05, 3.63) is 108 Å². The highest BCUT2D eigenvalue weighted by Crippen LogP contribution is 2.40. The van der Waals surface area contributed by atoms with Crippen LogP contribution in [0.2, 0.25) is 0 Å². The van der Waals surface area contributed by atoms with Crippen LogP contribution in [0.15, 0.2) is 91.1 Å². The molecule has 0 spiro atoms. The first kappa shape index (κ1) is 15.3. The molecule has 2 aromatic heterocycles. The highest BCUT2D eigenvalue weighted by Gasteiger charge is 2.66. The fourth-order valence-corrected chi connectivity index (χ4v) is 4.45. The van der Waals surface area contributed by atoms with Gasteiger partial charge in [-0.25, -0.2) is 4.39 Å². The van der Waals surface area contributed by atoms with Crippen molar-refractivity contribution in [3.8, 4) is 34.5 Å². The molecule has 6 rings (SSSR count). The zero-order valence-electron chi connectivity index (χ0n) is 14.9. The molecule has 2 aliphatic rings. The Bertz CT molecular complexity index is 1260. The van der Waals surface area contributed by atoms with Gasteiger partial charge in [0.15, 0.2) is 6.20 Å². The molecule has 2 aliphatic heterocycles. The second kappa shape index (κ2) is 5.37. The molecule has 3 heteroatoms. The monoisotopic (exact) mass is 362 g/mol. The highest BCUT2D eigenvalue weighted by molar-refractivity contribution is 5.69. The summed E-state index contributed by atoms with van der Waals surface area (Å²) in [5.41, 5.74) is 5.93. The Morgan fingerprint density at radius 1 is 0.714 bits per heavy atom. The zero-order chi connectivity index (χ0) is 18.7. The van der Waals surface area contributed by atoms with Crippen molar-refractivity contribution in [3.63, 3.8) is 0 Å². The third kappa shape index (κ3) is 1.82. The van der Waals surface area contributed by atoms with E-state index >= 15 is 0 Å². The number of benzene rings is 2. The number of halogens is 1. The van der Waals surface area contributed by atoms with Crippen LogP contribution in [0.1, 0.15) is 11.1 Å². The van der Waals surface area contributed by atoms with Gasteiger partial charge in [-0.1, -0.05) is 18.1 Å². The van der Waals surface area contributed by atoms with E-state index in [0.29, 0.717) is 0 Å². The van der Waals surface area contributed by atoms with Crippen molar-refractivity contribution in [2.45, 2.75) is 5.66 Å². The summed E-state index contributed by atoms with van der Waals surface area (Å²) in [5.74, 6) is 6.61. The minimum Gasteiger partial charge on any atom is -0.207 e. The van der Waals surface area contributed by atoms with Crippen LogP contribution >= 0.6 is 0 Å². The number of fused-ring (bicyclic) bond motifs is 6. The average molecular weight is 362 g/mol. The van der Waals surface area contributed by atoms with Gasteiger partial charge in [0.25, 0.3) is 11.4 Å². The van der Waals surface area contributed by atoms with Crippen molar-refractivity contribution >= 4 is 0 Å². The Balaban J connectivity index is 1.72. The summed E-state index contributed by atoms with van der Waals surface area (Å²) in [6.07, 6.45) is 2.09. The number of rotatable bonds is 0. The summed E-state index contributed by atoms with van der Waals surface area (Å²) in [6, 6.07) is 27.4. The van der Waals surface area contributed by atoms with Gasteiger partial charge in [-0.3, -0.25) is 0 Å². The van der Waals surface area contributed by atoms with Gasteiger partial charge < -0.3 is 0 Å². The minimum atomic E-state index is -0.645. The van der Waals surface area contributed by atoms with E-state index in [2.05, 4.69) is 81.8 Å². The maximum atomic E-state index is 13.3. The van der Waals surface area contributed by atoms with Gasteiger partial charge in [0.1, 0.15) is 11.4 Å². The van der Waals surface area contributed by atoms with Gasteiger partial charge in [0.05, 0.1) is 11.5 Å². The van der Waals surface area contributed by atoms with Gasteiger partial charge >= 0.3 is 5.66 Å². The predicted octanol–water partition coefficient (Wildman–Crippen LogP) is 3.66. The van der Waals surface area contributed by atoms with Crippen LogP contribution in [0, 0.1) is 17.7 Å². The second-order valence-corrected chi connectivity index (χ2v) is 7.06. The van der Waals surface area contributed by atoms with Crippen molar-refractivity contribution in [2.24, 2.45) is 0 Å². The van der Waals surface area contributed by atoms with E-state index in [4.69, 9.17) is 0 Å². The van der Waals surface area contributed by atoms with Gasteiger partial charge in [-0.2, -0.15) is 0 Å². The molecule has 0 amide bonds. The maximum absolute atomic E-state index is 13.3. The van der Waals surface area contributed by atoms with Crippen molar-refractivity contribution in [1.82, 2.24) is 0 Å². The van der Waals surface area contributed by atoms with Crippen molar-refractivity contribution < 1.29 is 13.5 Å². The SMILES string of the molecule is Fc1ccc(C#CC23c4ccccc4-c4cccc([n+]42)-c2cccc[n+]23)cc1. The molecule has 28 heavy (non-hydrogen) atoms. The van der Waals surface area contributed by atoms with Crippen LogP contribution in [-0.2, 0) is 5.66 Å². The predicted molar refractivity (Wildman–Crippen MR) is 103 cm³/mol. The Morgan fingerprint density at radius 3 is 2.36 bits per heavy atom. The van der Waals surface area contributed by atoms with E-state index in [0.717, 1.165) is 28.2 Å². The molecule has 0 aliphatic carbocycles. The van der Waals surface area contributed by atoms with Crippen LogP contribution in [0.3, 0.4) is 0 Å². The number of aromatic nitrogens is 2. The number of hydrogen-bond donors (Lipinski definition) is 0. The lowest BCUT2D eigenvalue weighted by Crippen LogP contribution is -2.67. The maximum Gasteiger partial charge on any atom is 0.455 e. The molecule has 0 saturated carbocycles. The molecule has 130 valence electrons. The summed E-state index contributed by atoms with van der Waals surface area (Å²) in [7, 11) is 0. The van der Waals surface area contributed by atoms with Gasteiger partial charge in [-0.15, -0.1) is 9.13 Å². The fraction of sp³-hybridized carbons (Fsp3) is 0.0400.